The molecule has 0 aliphatic carbocycles. The summed E-state index contributed by atoms with van der Waals surface area (Å²) in [7, 11) is 1.53. The highest BCUT2D eigenvalue weighted by Gasteiger charge is 1.77. The van der Waals surface area contributed by atoms with Gasteiger partial charge >= 0.3 is 0 Å². The van der Waals surface area contributed by atoms with Gasteiger partial charge in [0.2, 0.25) is 0 Å². The summed E-state index contributed by atoms with van der Waals surface area (Å²) < 4.78 is 0. The molecule has 0 saturated heterocycles. The Morgan fingerprint density at radius 1 is 1.86 bits per heavy atom. The van der Waals surface area contributed by atoms with E-state index in [-0.39, 0.29) is 0 Å². The highest BCUT2D eigenvalue weighted by molar-refractivity contribution is 6.25. The largest absolute Gasteiger partial charge is 0.280 e. The summed E-state index contributed by atoms with van der Waals surface area (Å²) in [5, 5.41) is 0. The van der Waals surface area contributed by atoms with Gasteiger partial charge in [-0.2, -0.15) is 0 Å². The highest BCUT2D eigenvalue weighted by atomic mass is 35.5. The summed E-state index contributed by atoms with van der Waals surface area (Å²) in [4.78, 5) is 4.49. The lowest BCUT2D eigenvalue weighted by Gasteiger charge is -1.97. The molecule has 0 amide bonds. The molecular weight excluding hydrogens is 114 g/mol. The van der Waals surface area contributed by atoms with Crippen LogP contribution in [0.3, 0.4) is 0 Å². The average molecular weight is 122 g/mol. The molecule has 2 nitrogen and oxygen atoms in total. The van der Waals surface area contributed by atoms with Gasteiger partial charge in [0.15, 0.2) is 0 Å². The number of hydroxylamine groups is 1. The normalized spacial score (nSPS) is 11.6. The van der Waals surface area contributed by atoms with E-state index in [1.165, 1.54) is 12.6 Å². The molecule has 7 heavy (non-hydrogen) atoms. The van der Waals surface area contributed by atoms with E-state index in [1.54, 1.807) is 6.92 Å². The molecular formula is C4H8ClNO. The second-order valence-electron chi connectivity index (χ2n) is 1.10. The van der Waals surface area contributed by atoms with Crippen LogP contribution in [0.5, 0.6) is 0 Å². The molecule has 0 aromatic carbocycles. The SMILES string of the molecule is CON/C(C)=C\Cl. The van der Waals surface area contributed by atoms with E-state index in [4.69, 9.17) is 11.6 Å². The van der Waals surface area contributed by atoms with Crippen molar-refractivity contribution in [2.45, 2.75) is 6.92 Å². The topological polar surface area (TPSA) is 21.3 Å². The van der Waals surface area contributed by atoms with Crippen molar-refractivity contribution >= 4 is 11.6 Å². The molecule has 0 aromatic heterocycles. The number of allylic oxidation sites excluding steroid dienone is 1. The van der Waals surface area contributed by atoms with Gasteiger partial charge in [-0.15, -0.1) is 0 Å². The average Bonchev–Trinajstić information content (AvgIpc) is 1.68. The molecule has 0 unspecified atom stereocenters. The van der Waals surface area contributed by atoms with Gasteiger partial charge in [0, 0.05) is 11.2 Å². The Morgan fingerprint density at radius 2 is 2.43 bits per heavy atom. The van der Waals surface area contributed by atoms with Crippen LogP contribution in [0.4, 0.5) is 0 Å². The zero-order valence-electron chi connectivity index (χ0n) is 4.36. The summed E-state index contributed by atoms with van der Waals surface area (Å²) in [5.74, 6) is 0. The third-order valence-corrected chi connectivity index (χ3v) is 0.754. The van der Waals surface area contributed by atoms with Crippen LogP contribution in [-0.2, 0) is 4.84 Å². The minimum absolute atomic E-state index is 0.796. The quantitative estimate of drug-likeness (QED) is 0.555. The van der Waals surface area contributed by atoms with Crippen LogP contribution in [0.25, 0.3) is 0 Å². The number of rotatable bonds is 2. The molecule has 0 bridgehead atoms. The number of hydrogen-bond donors (Lipinski definition) is 1. The fraction of sp³-hybridized carbons (Fsp3) is 0.500. The molecule has 0 heterocycles. The van der Waals surface area contributed by atoms with Crippen molar-refractivity contribution in [2.24, 2.45) is 0 Å². The Kier molecular flexibility index (Phi) is 3.84. The Hall–Kier alpha value is -0.210. The van der Waals surface area contributed by atoms with Gasteiger partial charge in [0.05, 0.1) is 7.11 Å². The predicted octanol–water partition coefficient (Wildman–Crippen LogP) is 1.24. The van der Waals surface area contributed by atoms with Crippen molar-refractivity contribution in [2.75, 3.05) is 7.11 Å². The fourth-order valence-corrected chi connectivity index (χ4v) is 0.228. The number of nitrogens with one attached hydrogen (secondary N) is 1. The molecule has 0 aromatic rings. The maximum atomic E-state index is 5.23. The summed E-state index contributed by atoms with van der Waals surface area (Å²) in [6, 6.07) is 0. The predicted molar refractivity (Wildman–Crippen MR) is 29.8 cm³/mol. The molecule has 42 valence electrons. The first-order chi connectivity index (χ1) is 3.31. The van der Waals surface area contributed by atoms with Crippen molar-refractivity contribution in [3.8, 4) is 0 Å². The maximum absolute atomic E-state index is 5.23. The van der Waals surface area contributed by atoms with Gasteiger partial charge in [0.1, 0.15) is 0 Å². The first-order valence-corrected chi connectivity index (χ1v) is 2.31. The van der Waals surface area contributed by atoms with Gasteiger partial charge in [-0.05, 0) is 6.92 Å². The molecule has 0 radical (unpaired) electrons. The van der Waals surface area contributed by atoms with Crippen LogP contribution in [0, 0.1) is 0 Å². The zero-order chi connectivity index (χ0) is 5.70. The molecule has 0 spiro atoms. The second-order valence-corrected chi connectivity index (χ2v) is 1.32. The van der Waals surface area contributed by atoms with E-state index < -0.39 is 0 Å². The first kappa shape index (κ1) is 6.79. The van der Waals surface area contributed by atoms with Crippen LogP contribution >= 0.6 is 11.6 Å². The van der Waals surface area contributed by atoms with E-state index in [2.05, 4.69) is 10.3 Å². The molecule has 0 saturated carbocycles. The highest BCUT2D eigenvalue weighted by Crippen LogP contribution is 1.86. The number of hydrogen-bond acceptors (Lipinski definition) is 2. The Balaban J connectivity index is 3.17. The molecule has 3 heteroatoms. The maximum Gasteiger partial charge on any atom is 0.0636 e. The first-order valence-electron chi connectivity index (χ1n) is 1.87. The fourth-order valence-electron chi connectivity index (χ4n) is 0.183. The standard InChI is InChI=1S/C4H8ClNO/c1-4(3-5)6-7-2/h3,6H,1-2H3/b4-3-. The van der Waals surface area contributed by atoms with Crippen LogP contribution in [0.1, 0.15) is 6.92 Å². The van der Waals surface area contributed by atoms with Crippen molar-refractivity contribution in [3.63, 3.8) is 0 Å². The van der Waals surface area contributed by atoms with E-state index in [9.17, 15) is 0 Å². The lowest BCUT2D eigenvalue weighted by molar-refractivity contribution is 0.118. The van der Waals surface area contributed by atoms with Crippen molar-refractivity contribution in [1.82, 2.24) is 5.48 Å². The summed E-state index contributed by atoms with van der Waals surface area (Å²) >= 11 is 5.23. The summed E-state index contributed by atoms with van der Waals surface area (Å²) in [6.07, 6.45) is 0. The minimum Gasteiger partial charge on any atom is -0.280 e. The van der Waals surface area contributed by atoms with Crippen LogP contribution in [0.2, 0.25) is 0 Å². The monoisotopic (exact) mass is 121 g/mol. The van der Waals surface area contributed by atoms with Crippen LogP contribution in [0.15, 0.2) is 11.2 Å². The van der Waals surface area contributed by atoms with Gasteiger partial charge in [-0.1, -0.05) is 11.6 Å². The van der Waals surface area contributed by atoms with Crippen LogP contribution in [-0.4, -0.2) is 7.11 Å². The van der Waals surface area contributed by atoms with Crippen molar-refractivity contribution < 1.29 is 4.84 Å². The van der Waals surface area contributed by atoms with E-state index >= 15 is 0 Å². The zero-order valence-corrected chi connectivity index (χ0v) is 5.12. The minimum atomic E-state index is 0.796. The van der Waals surface area contributed by atoms with Gasteiger partial charge in [0.25, 0.3) is 0 Å². The molecule has 0 fully saturated rings. The summed E-state index contributed by atoms with van der Waals surface area (Å²) in [5.41, 5.74) is 4.73. The lowest BCUT2D eigenvalue weighted by atomic mass is 10.6. The summed E-state index contributed by atoms with van der Waals surface area (Å²) in [6.45, 7) is 1.80. The van der Waals surface area contributed by atoms with E-state index in [1.807, 2.05) is 0 Å². The van der Waals surface area contributed by atoms with Crippen molar-refractivity contribution in [1.29, 1.82) is 0 Å². The lowest BCUT2D eigenvalue weighted by Crippen LogP contribution is -2.06. The molecule has 0 aliphatic rings. The van der Waals surface area contributed by atoms with E-state index in [0.717, 1.165) is 5.70 Å². The van der Waals surface area contributed by atoms with Crippen molar-refractivity contribution in [3.05, 3.63) is 11.2 Å². The molecule has 0 atom stereocenters. The van der Waals surface area contributed by atoms with Gasteiger partial charge < -0.3 is 0 Å². The second kappa shape index (κ2) is 3.96. The Labute approximate surface area is 48.1 Å². The molecule has 0 aliphatic heterocycles. The van der Waals surface area contributed by atoms with Crippen LogP contribution < -0.4 is 5.48 Å². The smallest absolute Gasteiger partial charge is 0.0636 e. The Morgan fingerprint density at radius 3 is 2.57 bits per heavy atom. The van der Waals surface area contributed by atoms with Gasteiger partial charge in [-0.3, -0.25) is 10.3 Å². The third-order valence-electron chi connectivity index (χ3n) is 0.427. The van der Waals surface area contributed by atoms with E-state index in [0.29, 0.717) is 0 Å². The third kappa shape index (κ3) is 3.62. The van der Waals surface area contributed by atoms with Gasteiger partial charge in [-0.25, -0.2) is 0 Å². The molecule has 1 N–H and O–H groups in total. The Bertz CT molecular complexity index is 72.1. The number of halogens is 1. The molecule has 0 rings (SSSR count).